The van der Waals surface area contributed by atoms with E-state index >= 15 is 0 Å². The number of likely N-dealkylation sites (tertiary alicyclic amines) is 1. The van der Waals surface area contributed by atoms with Gasteiger partial charge in [0.25, 0.3) is 5.91 Å². The van der Waals surface area contributed by atoms with E-state index in [1.165, 1.54) is 0 Å². The van der Waals surface area contributed by atoms with Crippen LogP contribution in [0, 0.1) is 0 Å². The fraction of sp³-hybridized carbons (Fsp3) is 0.462. The summed E-state index contributed by atoms with van der Waals surface area (Å²) >= 11 is 9.21. The standard InChI is InChI=1S/C13H15BrClNO3/c1-19-7-9-5-10(17)6-16(9)13(18)11-3-2-8(15)4-12(11)14/h2-4,9-10,17H,5-7H2,1H3. The maximum Gasteiger partial charge on any atom is 0.255 e. The van der Waals surface area contributed by atoms with Gasteiger partial charge in [-0.1, -0.05) is 11.6 Å². The van der Waals surface area contributed by atoms with Gasteiger partial charge in [-0.05, 0) is 40.5 Å². The number of carbonyl (C=O) groups is 1. The molecule has 1 amide bonds. The van der Waals surface area contributed by atoms with E-state index in [9.17, 15) is 9.90 Å². The monoisotopic (exact) mass is 347 g/mol. The van der Waals surface area contributed by atoms with Crippen molar-refractivity contribution >= 4 is 33.4 Å². The summed E-state index contributed by atoms with van der Waals surface area (Å²) in [5.74, 6) is -0.123. The number of rotatable bonds is 3. The van der Waals surface area contributed by atoms with Gasteiger partial charge in [-0.3, -0.25) is 4.79 Å². The van der Waals surface area contributed by atoms with Gasteiger partial charge in [-0.2, -0.15) is 0 Å². The largest absolute Gasteiger partial charge is 0.391 e. The molecule has 0 bridgehead atoms. The number of amides is 1. The van der Waals surface area contributed by atoms with E-state index in [0.717, 1.165) is 0 Å². The molecular weight excluding hydrogens is 334 g/mol. The first-order valence-corrected chi connectivity index (χ1v) is 7.13. The first-order chi connectivity index (χ1) is 9.02. The van der Waals surface area contributed by atoms with Crippen LogP contribution in [0.4, 0.5) is 0 Å². The molecule has 0 radical (unpaired) electrons. The van der Waals surface area contributed by atoms with Crippen molar-refractivity contribution in [2.45, 2.75) is 18.6 Å². The Morgan fingerprint density at radius 1 is 1.63 bits per heavy atom. The number of β-amino-alcohol motifs (C(OH)–C–C–N with tert-alkyl or cyclic N) is 1. The Morgan fingerprint density at radius 2 is 2.37 bits per heavy atom. The number of carbonyl (C=O) groups excluding carboxylic acids is 1. The average molecular weight is 349 g/mol. The van der Waals surface area contributed by atoms with Crippen molar-refractivity contribution in [2.75, 3.05) is 20.3 Å². The molecule has 1 aliphatic rings. The van der Waals surface area contributed by atoms with Crippen molar-refractivity contribution in [1.29, 1.82) is 0 Å². The Balaban J connectivity index is 2.22. The van der Waals surface area contributed by atoms with Crippen molar-refractivity contribution in [3.8, 4) is 0 Å². The predicted octanol–water partition coefficient (Wildman–Crippen LogP) is 2.32. The molecule has 4 nitrogen and oxygen atoms in total. The lowest BCUT2D eigenvalue weighted by molar-refractivity contribution is 0.0621. The molecule has 1 fully saturated rings. The second-order valence-corrected chi connectivity index (χ2v) is 5.87. The van der Waals surface area contributed by atoms with Crippen LogP contribution in [0.1, 0.15) is 16.8 Å². The zero-order valence-electron chi connectivity index (χ0n) is 10.5. The fourth-order valence-corrected chi connectivity index (χ4v) is 3.16. The number of aliphatic hydroxyl groups excluding tert-OH is 1. The SMILES string of the molecule is COCC1CC(O)CN1C(=O)c1ccc(Cl)cc1Br. The Bertz CT molecular complexity index is 483. The number of benzene rings is 1. The first kappa shape index (κ1) is 14.8. The van der Waals surface area contributed by atoms with E-state index in [1.807, 2.05) is 0 Å². The average Bonchev–Trinajstić information content (AvgIpc) is 2.70. The van der Waals surface area contributed by atoms with E-state index in [2.05, 4.69) is 15.9 Å². The highest BCUT2D eigenvalue weighted by Crippen LogP contribution is 2.26. The summed E-state index contributed by atoms with van der Waals surface area (Å²) in [5.41, 5.74) is 0.541. The molecule has 2 rings (SSSR count). The van der Waals surface area contributed by atoms with Crippen LogP contribution >= 0.6 is 27.5 Å². The molecule has 19 heavy (non-hydrogen) atoms. The third kappa shape index (κ3) is 3.28. The van der Waals surface area contributed by atoms with Gasteiger partial charge in [0.15, 0.2) is 0 Å². The Morgan fingerprint density at radius 3 is 3.00 bits per heavy atom. The fourth-order valence-electron chi connectivity index (χ4n) is 2.31. The second-order valence-electron chi connectivity index (χ2n) is 4.58. The molecule has 1 aliphatic heterocycles. The van der Waals surface area contributed by atoms with E-state index in [1.54, 1.807) is 30.2 Å². The Kier molecular flexibility index (Phi) is 4.84. The van der Waals surface area contributed by atoms with Gasteiger partial charge >= 0.3 is 0 Å². The number of nitrogens with zero attached hydrogens (tertiary/aromatic N) is 1. The molecule has 2 unspecified atom stereocenters. The van der Waals surface area contributed by atoms with E-state index in [4.69, 9.17) is 16.3 Å². The number of ether oxygens (including phenoxy) is 1. The predicted molar refractivity (Wildman–Crippen MR) is 76.5 cm³/mol. The lowest BCUT2D eigenvalue weighted by atomic mass is 10.1. The minimum Gasteiger partial charge on any atom is -0.391 e. The maximum absolute atomic E-state index is 12.5. The van der Waals surface area contributed by atoms with Crippen molar-refractivity contribution in [1.82, 2.24) is 4.90 Å². The van der Waals surface area contributed by atoms with Gasteiger partial charge in [0.05, 0.1) is 24.3 Å². The summed E-state index contributed by atoms with van der Waals surface area (Å²) in [5, 5.41) is 10.3. The highest BCUT2D eigenvalue weighted by Gasteiger charge is 2.35. The van der Waals surface area contributed by atoms with Gasteiger partial charge in [-0.15, -0.1) is 0 Å². The smallest absolute Gasteiger partial charge is 0.255 e. The lowest BCUT2D eigenvalue weighted by Gasteiger charge is -2.24. The van der Waals surface area contributed by atoms with Crippen LogP contribution in [0.3, 0.4) is 0 Å². The molecule has 0 spiro atoms. The zero-order chi connectivity index (χ0) is 14.0. The molecule has 2 atom stereocenters. The van der Waals surface area contributed by atoms with Crippen LogP contribution in [0.15, 0.2) is 22.7 Å². The number of hydrogen-bond donors (Lipinski definition) is 1. The number of halogens is 2. The minimum atomic E-state index is -0.491. The highest BCUT2D eigenvalue weighted by atomic mass is 79.9. The molecule has 104 valence electrons. The van der Waals surface area contributed by atoms with Crippen molar-refractivity contribution in [3.63, 3.8) is 0 Å². The minimum absolute atomic E-state index is 0.0879. The van der Waals surface area contributed by atoms with Gasteiger partial charge in [0.2, 0.25) is 0 Å². The number of aliphatic hydroxyl groups is 1. The topological polar surface area (TPSA) is 49.8 Å². The number of methoxy groups -OCH3 is 1. The molecule has 1 aromatic carbocycles. The molecule has 1 N–H and O–H groups in total. The van der Waals surface area contributed by atoms with Gasteiger partial charge in [0, 0.05) is 23.1 Å². The molecule has 0 aromatic heterocycles. The van der Waals surface area contributed by atoms with Crippen molar-refractivity contribution in [2.24, 2.45) is 0 Å². The molecule has 0 saturated carbocycles. The summed E-state index contributed by atoms with van der Waals surface area (Å²) in [7, 11) is 1.59. The van der Waals surface area contributed by atoms with E-state index in [0.29, 0.717) is 34.6 Å². The summed E-state index contributed by atoms with van der Waals surface area (Å²) in [6.45, 7) is 0.760. The normalized spacial score (nSPS) is 22.8. The van der Waals surface area contributed by atoms with Crippen molar-refractivity contribution in [3.05, 3.63) is 33.3 Å². The van der Waals surface area contributed by atoms with Crippen molar-refractivity contribution < 1.29 is 14.6 Å². The Labute approximate surface area is 125 Å². The van der Waals surface area contributed by atoms with Crippen LogP contribution in [-0.4, -0.2) is 48.3 Å². The Hall–Kier alpha value is -0.620. The van der Waals surface area contributed by atoms with Crippen LogP contribution < -0.4 is 0 Å². The van der Waals surface area contributed by atoms with E-state index < -0.39 is 6.10 Å². The van der Waals surface area contributed by atoms with Crippen LogP contribution in [0.2, 0.25) is 5.02 Å². The lowest BCUT2D eigenvalue weighted by Crippen LogP contribution is -2.38. The van der Waals surface area contributed by atoms with Gasteiger partial charge in [0.1, 0.15) is 0 Å². The third-order valence-electron chi connectivity index (χ3n) is 3.17. The summed E-state index contributed by atoms with van der Waals surface area (Å²) in [6, 6.07) is 4.96. The van der Waals surface area contributed by atoms with E-state index in [-0.39, 0.29) is 11.9 Å². The van der Waals surface area contributed by atoms with Crippen LogP contribution in [0.25, 0.3) is 0 Å². The quantitative estimate of drug-likeness (QED) is 0.912. The van der Waals surface area contributed by atoms with Gasteiger partial charge < -0.3 is 14.7 Å². The molecule has 1 saturated heterocycles. The number of hydrogen-bond acceptors (Lipinski definition) is 3. The summed E-state index contributed by atoms with van der Waals surface area (Å²) in [4.78, 5) is 14.2. The summed E-state index contributed by atoms with van der Waals surface area (Å²) in [6.07, 6.45) is 0.0558. The molecular formula is C13H15BrClNO3. The van der Waals surface area contributed by atoms with Gasteiger partial charge in [-0.25, -0.2) is 0 Å². The molecule has 6 heteroatoms. The molecule has 1 heterocycles. The second kappa shape index (κ2) is 6.22. The third-order valence-corrected chi connectivity index (χ3v) is 4.07. The first-order valence-electron chi connectivity index (χ1n) is 5.96. The maximum atomic E-state index is 12.5. The molecule has 0 aliphatic carbocycles. The highest BCUT2D eigenvalue weighted by molar-refractivity contribution is 9.10. The molecule has 1 aromatic rings. The zero-order valence-corrected chi connectivity index (χ0v) is 12.8. The van der Waals surface area contributed by atoms with Crippen LogP contribution in [0.5, 0.6) is 0 Å². The summed E-state index contributed by atoms with van der Waals surface area (Å²) < 4.78 is 5.76. The van der Waals surface area contributed by atoms with Crippen LogP contribution in [-0.2, 0) is 4.74 Å².